The number of pyridine rings is 1. The molecule has 10 heteroatoms. The van der Waals surface area contributed by atoms with Crippen LogP contribution in [0.1, 0.15) is 76.8 Å². The fourth-order valence-corrected chi connectivity index (χ4v) is 3.45. The van der Waals surface area contributed by atoms with E-state index in [0.717, 1.165) is 30.2 Å². The van der Waals surface area contributed by atoms with Gasteiger partial charge in [-0.05, 0) is 38.0 Å². The average molecular weight is 564 g/mol. The van der Waals surface area contributed by atoms with Crippen molar-refractivity contribution in [2.45, 2.75) is 53.4 Å². The molecule has 2 heterocycles. The minimum atomic E-state index is -2.71. The Balaban J connectivity index is 0.000000255. The Kier molecular flexibility index (Phi) is 12.0. The molecule has 0 radical (unpaired) electrons. The number of anilines is 1. The number of rotatable bonds is 7. The highest BCUT2D eigenvalue weighted by atomic mass is 19.3. The molecule has 216 valence electrons. The van der Waals surface area contributed by atoms with E-state index in [9.17, 15) is 23.2 Å². The number of nitrogens with zero attached hydrogens (tertiary/aromatic N) is 2. The molecule has 4 rings (SSSR count). The lowest BCUT2D eigenvalue weighted by Crippen LogP contribution is -2.16. The van der Waals surface area contributed by atoms with Crippen molar-refractivity contribution in [3.8, 4) is 0 Å². The number of carbonyl (C=O) groups is 3. The van der Waals surface area contributed by atoms with Crippen LogP contribution >= 0.6 is 0 Å². The van der Waals surface area contributed by atoms with E-state index in [1.807, 2.05) is 31.3 Å². The number of primary amides is 1. The Labute approximate surface area is 238 Å². The highest BCUT2D eigenvalue weighted by Gasteiger charge is 2.23. The highest BCUT2D eigenvalue weighted by molar-refractivity contribution is 6.00. The lowest BCUT2D eigenvalue weighted by molar-refractivity contribution is -0.114. The van der Waals surface area contributed by atoms with Crippen LogP contribution in [0.3, 0.4) is 0 Å². The van der Waals surface area contributed by atoms with Gasteiger partial charge in [0.05, 0.1) is 0 Å². The van der Waals surface area contributed by atoms with Gasteiger partial charge in [0.15, 0.2) is 11.6 Å². The minimum Gasteiger partial charge on any atom is -0.364 e. The van der Waals surface area contributed by atoms with E-state index in [4.69, 9.17) is 5.73 Å². The Bertz CT molecular complexity index is 1430. The molecule has 4 N–H and O–H groups in total. The number of amides is 2. The second-order valence-electron chi connectivity index (χ2n) is 9.31. The number of ketones is 1. The number of halogens is 2. The third kappa shape index (κ3) is 11.1. The maximum absolute atomic E-state index is 12.6. The molecule has 0 spiro atoms. The van der Waals surface area contributed by atoms with Crippen LogP contribution in [0, 0.1) is 6.92 Å². The predicted octanol–water partition coefficient (Wildman–Crippen LogP) is 6.01. The third-order valence-corrected chi connectivity index (χ3v) is 5.67. The summed E-state index contributed by atoms with van der Waals surface area (Å²) in [6, 6.07) is 19.3. The molecule has 0 atom stereocenters. The number of nitrogens with two attached hydrogens (primary N) is 1. The van der Waals surface area contributed by atoms with Crippen molar-refractivity contribution in [1.29, 1.82) is 0 Å². The van der Waals surface area contributed by atoms with Crippen LogP contribution in [-0.4, -0.2) is 32.5 Å². The van der Waals surface area contributed by atoms with Crippen molar-refractivity contribution >= 4 is 23.4 Å². The summed E-state index contributed by atoms with van der Waals surface area (Å²) < 4.78 is 25.2. The number of Topliss-reactive ketones (excluding diaryl/α,β-unsaturated/α-hetero) is 1. The maximum atomic E-state index is 12.6. The van der Waals surface area contributed by atoms with Crippen molar-refractivity contribution in [3.63, 3.8) is 0 Å². The number of hydrogen-bond donors (Lipinski definition) is 3. The van der Waals surface area contributed by atoms with Gasteiger partial charge < -0.3 is 16.0 Å². The Morgan fingerprint density at radius 3 is 2.05 bits per heavy atom. The molecule has 0 aliphatic heterocycles. The summed E-state index contributed by atoms with van der Waals surface area (Å²) in [6.07, 6.45) is 3.26. The van der Waals surface area contributed by atoms with Crippen LogP contribution in [0.5, 0.6) is 0 Å². The SMILES string of the molecule is CC(=O)Nc1nc(Cc2ccc(C(C)=O)cc2)[nH]c1C(N)=O.CCc1ccccn1.Cc1ccc(C(C)(F)F)cc1. The van der Waals surface area contributed by atoms with Gasteiger partial charge in [0.1, 0.15) is 11.5 Å². The molecule has 2 aromatic carbocycles. The number of aryl methyl sites for hydroxylation is 2. The van der Waals surface area contributed by atoms with E-state index >= 15 is 0 Å². The Morgan fingerprint density at radius 1 is 0.976 bits per heavy atom. The molecular weight excluding hydrogens is 528 g/mol. The molecule has 0 fully saturated rings. The fraction of sp³-hybridized carbons (Fsp3) is 0.258. The average Bonchev–Trinajstić information content (AvgIpc) is 3.31. The lowest BCUT2D eigenvalue weighted by atomic mass is 10.1. The van der Waals surface area contributed by atoms with Gasteiger partial charge in [-0.3, -0.25) is 19.4 Å². The van der Waals surface area contributed by atoms with Gasteiger partial charge in [-0.2, -0.15) is 0 Å². The summed E-state index contributed by atoms with van der Waals surface area (Å²) in [5.41, 5.74) is 9.07. The van der Waals surface area contributed by atoms with Gasteiger partial charge in [0.25, 0.3) is 11.8 Å². The van der Waals surface area contributed by atoms with Crippen molar-refractivity contribution in [2.24, 2.45) is 5.73 Å². The minimum absolute atomic E-state index is 0.00601. The van der Waals surface area contributed by atoms with E-state index in [0.29, 0.717) is 17.8 Å². The zero-order chi connectivity index (χ0) is 30.6. The molecule has 0 aliphatic rings. The molecule has 0 bridgehead atoms. The summed E-state index contributed by atoms with van der Waals surface area (Å²) in [5, 5.41) is 2.46. The third-order valence-electron chi connectivity index (χ3n) is 5.67. The van der Waals surface area contributed by atoms with Gasteiger partial charge in [0.2, 0.25) is 5.91 Å². The molecule has 2 aromatic heterocycles. The first-order chi connectivity index (χ1) is 19.3. The van der Waals surface area contributed by atoms with Crippen LogP contribution in [0.2, 0.25) is 0 Å². The lowest BCUT2D eigenvalue weighted by Gasteiger charge is -2.09. The number of aromatic nitrogens is 3. The van der Waals surface area contributed by atoms with Gasteiger partial charge in [-0.15, -0.1) is 0 Å². The van der Waals surface area contributed by atoms with Crippen molar-refractivity contribution < 1.29 is 23.2 Å². The van der Waals surface area contributed by atoms with Gasteiger partial charge in [-0.25, -0.2) is 13.8 Å². The number of carbonyl (C=O) groups excluding carboxylic acids is 3. The molecule has 0 saturated heterocycles. The normalized spacial score (nSPS) is 10.4. The van der Waals surface area contributed by atoms with Crippen molar-refractivity contribution in [1.82, 2.24) is 15.0 Å². The van der Waals surface area contributed by atoms with Crippen LogP contribution in [-0.2, 0) is 23.6 Å². The molecule has 4 aromatic rings. The van der Waals surface area contributed by atoms with E-state index < -0.39 is 11.8 Å². The van der Waals surface area contributed by atoms with Crippen LogP contribution in [0.4, 0.5) is 14.6 Å². The summed E-state index contributed by atoms with van der Waals surface area (Å²) in [5.74, 6) is -3.15. The predicted molar refractivity (Wildman–Crippen MR) is 155 cm³/mol. The molecular formula is C31H35F2N5O3. The standard InChI is InChI=1S/C15H16N4O3.C9H10F2.C7H9N/c1-8(20)11-5-3-10(4-6-11)7-12-18-13(14(16)22)15(19-12)17-9(2)21;1-7-3-5-8(6-4-7)9(2,10)11;1-2-7-5-3-4-6-8-7/h3-6H,7H2,1-2H3,(H2,16,22)(H,17,21)(H,18,19);3-6H,1-2H3;3-6H,2H2,1H3. The zero-order valence-corrected chi connectivity index (χ0v) is 23.8. The van der Waals surface area contributed by atoms with Crippen LogP contribution < -0.4 is 11.1 Å². The molecule has 0 unspecified atom stereocenters. The van der Waals surface area contributed by atoms with E-state index in [1.54, 1.807) is 36.4 Å². The molecule has 0 saturated carbocycles. The van der Waals surface area contributed by atoms with Gasteiger partial charge >= 0.3 is 0 Å². The molecule has 8 nitrogen and oxygen atoms in total. The summed E-state index contributed by atoms with van der Waals surface area (Å²) in [4.78, 5) is 44.8. The van der Waals surface area contributed by atoms with Crippen molar-refractivity contribution in [3.05, 3.63) is 112 Å². The Morgan fingerprint density at radius 2 is 1.61 bits per heavy atom. The van der Waals surface area contributed by atoms with E-state index in [-0.39, 0.29) is 28.8 Å². The Hall–Kier alpha value is -4.73. The molecule has 2 amide bonds. The van der Waals surface area contributed by atoms with Crippen LogP contribution in [0.25, 0.3) is 0 Å². The maximum Gasteiger partial charge on any atom is 0.270 e. The number of alkyl halides is 2. The van der Waals surface area contributed by atoms with Gasteiger partial charge in [0, 0.05) is 43.3 Å². The van der Waals surface area contributed by atoms with E-state index in [2.05, 4.69) is 27.2 Å². The summed E-state index contributed by atoms with van der Waals surface area (Å²) in [7, 11) is 0. The first-order valence-corrected chi connectivity index (χ1v) is 12.9. The van der Waals surface area contributed by atoms with Crippen molar-refractivity contribution in [2.75, 3.05) is 5.32 Å². The number of nitrogens with one attached hydrogen (secondary N) is 2. The number of H-pyrrole nitrogens is 1. The summed E-state index contributed by atoms with van der Waals surface area (Å²) in [6.45, 7) is 7.69. The number of aromatic amines is 1. The zero-order valence-electron chi connectivity index (χ0n) is 23.8. The smallest absolute Gasteiger partial charge is 0.270 e. The highest BCUT2D eigenvalue weighted by Crippen LogP contribution is 2.26. The second-order valence-corrected chi connectivity index (χ2v) is 9.31. The summed E-state index contributed by atoms with van der Waals surface area (Å²) >= 11 is 0. The first kappa shape index (κ1) is 32.5. The monoisotopic (exact) mass is 563 g/mol. The topological polar surface area (TPSA) is 131 Å². The number of hydrogen-bond acceptors (Lipinski definition) is 5. The second kappa shape index (κ2) is 15.2. The molecule has 41 heavy (non-hydrogen) atoms. The number of benzene rings is 2. The molecule has 0 aliphatic carbocycles. The van der Waals surface area contributed by atoms with Gasteiger partial charge in [-0.1, -0.05) is 67.1 Å². The van der Waals surface area contributed by atoms with Crippen LogP contribution in [0.15, 0.2) is 72.9 Å². The largest absolute Gasteiger partial charge is 0.364 e. The fourth-order valence-electron chi connectivity index (χ4n) is 3.45. The van der Waals surface area contributed by atoms with E-state index in [1.165, 1.54) is 26.0 Å². The number of imidazole rings is 1. The first-order valence-electron chi connectivity index (χ1n) is 12.9. The quantitative estimate of drug-likeness (QED) is 0.237.